The minimum atomic E-state index is 0.606. The third-order valence-electron chi connectivity index (χ3n) is 3.17. The zero-order valence-electron chi connectivity index (χ0n) is 9.65. The third kappa shape index (κ3) is 1.60. The number of hydrogen-bond acceptors (Lipinski definition) is 1. The van der Waals surface area contributed by atoms with Crippen LogP contribution in [0.15, 0.2) is 36.4 Å². The number of alkyl halides is 1. The Kier molecular flexibility index (Phi) is 2.52. The molecule has 3 rings (SSSR count). The maximum absolute atomic E-state index is 5.80. The van der Waals surface area contributed by atoms with Crippen LogP contribution in [0.4, 0.5) is 0 Å². The Bertz CT molecular complexity index is 685. The van der Waals surface area contributed by atoms with Gasteiger partial charge in [0.2, 0.25) is 0 Å². The molecule has 2 aromatic carbocycles. The molecular formula is C14H13ClN2. The summed E-state index contributed by atoms with van der Waals surface area (Å²) in [5, 5.41) is 2.50. The molecule has 0 atom stereocenters. The first-order valence-electron chi connectivity index (χ1n) is 5.70. The van der Waals surface area contributed by atoms with E-state index in [-0.39, 0.29) is 0 Å². The summed E-state index contributed by atoms with van der Waals surface area (Å²) in [5.74, 6) is 1.65. The lowest BCUT2D eigenvalue weighted by Crippen LogP contribution is -1.98. The van der Waals surface area contributed by atoms with E-state index in [0.29, 0.717) is 5.88 Å². The molecule has 0 amide bonds. The van der Waals surface area contributed by atoms with Gasteiger partial charge in [-0.1, -0.05) is 30.3 Å². The van der Waals surface area contributed by atoms with E-state index in [9.17, 15) is 0 Å². The Hall–Kier alpha value is -1.54. The highest BCUT2D eigenvalue weighted by molar-refractivity contribution is 6.18. The maximum Gasteiger partial charge on any atom is 0.110 e. The van der Waals surface area contributed by atoms with Gasteiger partial charge in [-0.15, -0.1) is 11.6 Å². The third-order valence-corrected chi connectivity index (χ3v) is 3.36. The first-order chi connectivity index (χ1) is 8.31. The minimum absolute atomic E-state index is 0.606. The SMILES string of the molecule is Cn1c(CCCl)nc2ccc3ccccc3c21. The number of imidazole rings is 1. The fraction of sp³-hybridized carbons (Fsp3) is 0.214. The van der Waals surface area contributed by atoms with Crippen LogP contribution in [-0.4, -0.2) is 15.4 Å². The Morgan fingerprint density at radius 3 is 2.82 bits per heavy atom. The van der Waals surface area contributed by atoms with E-state index in [1.54, 1.807) is 0 Å². The molecular weight excluding hydrogens is 232 g/mol. The van der Waals surface area contributed by atoms with Crippen molar-refractivity contribution in [3.05, 3.63) is 42.2 Å². The van der Waals surface area contributed by atoms with Gasteiger partial charge in [-0.2, -0.15) is 0 Å². The molecule has 17 heavy (non-hydrogen) atoms. The first kappa shape index (κ1) is 10.6. The summed E-state index contributed by atoms with van der Waals surface area (Å²) < 4.78 is 2.15. The van der Waals surface area contributed by atoms with Crippen molar-refractivity contribution >= 4 is 33.4 Å². The molecule has 0 spiro atoms. The molecule has 0 unspecified atom stereocenters. The van der Waals surface area contributed by atoms with Crippen LogP contribution in [0.1, 0.15) is 5.82 Å². The number of aryl methyl sites for hydroxylation is 2. The summed E-state index contributed by atoms with van der Waals surface area (Å²) in [6.07, 6.45) is 0.807. The molecule has 2 nitrogen and oxygen atoms in total. The maximum atomic E-state index is 5.80. The van der Waals surface area contributed by atoms with Gasteiger partial charge in [0, 0.05) is 24.7 Å². The second-order valence-electron chi connectivity index (χ2n) is 4.18. The molecule has 0 N–H and O–H groups in total. The van der Waals surface area contributed by atoms with Crippen LogP contribution in [-0.2, 0) is 13.5 Å². The van der Waals surface area contributed by atoms with Crippen LogP contribution in [0, 0.1) is 0 Å². The number of rotatable bonds is 2. The predicted octanol–water partition coefficient (Wildman–Crippen LogP) is 3.51. The van der Waals surface area contributed by atoms with Crippen LogP contribution in [0.5, 0.6) is 0 Å². The van der Waals surface area contributed by atoms with Gasteiger partial charge < -0.3 is 4.57 Å². The molecule has 86 valence electrons. The molecule has 1 heterocycles. The van der Waals surface area contributed by atoms with Gasteiger partial charge in [0.25, 0.3) is 0 Å². The van der Waals surface area contributed by atoms with E-state index < -0.39 is 0 Å². The molecule has 0 aliphatic rings. The van der Waals surface area contributed by atoms with E-state index in [2.05, 4.69) is 53.0 Å². The summed E-state index contributed by atoms with van der Waals surface area (Å²) >= 11 is 5.80. The average molecular weight is 245 g/mol. The molecule has 0 aliphatic carbocycles. The van der Waals surface area contributed by atoms with E-state index in [0.717, 1.165) is 17.8 Å². The number of hydrogen-bond donors (Lipinski definition) is 0. The average Bonchev–Trinajstić information content (AvgIpc) is 2.67. The first-order valence-corrected chi connectivity index (χ1v) is 6.24. The Balaban J connectivity index is 2.41. The summed E-state index contributed by atoms with van der Waals surface area (Å²) in [6, 6.07) is 12.6. The number of halogens is 1. The number of nitrogens with zero attached hydrogens (tertiary/aromatic N) is 2. The zero-order valence-corrected chi connectivity index (χ0v) is 10.4. The molecule has 0 bridgehead atoms. The molecule has 0 aliphatic heterocycles. The smallest absolute Gasteiger partial charge is 0.110 e. The Morgan fingerprint density at radius 2 is 2.00 bits per heavy atom. The standard InChI is InChI=1S/C14H13ClN2/c1-17-13(8-9-15)16-12-7-6-10-4-2-3-5-11(10)14(12)17/h2-7H,8-9H2,1H3. The predicted molar refractivity (Wildman–Crippen MR) is 72.6 cm³/mol. The van der Waals surface area contributed by atoms with Gasteiger partial charge in [-0.05, 0) is 11.5 Å². The van der Waals surface area contributed by atoms with Gasteiger partial charge in [0.05, 0.1) is 11.0 Å². The monoisotopic (exact) mass is 244 g/mol. The summed E-state index contributed by atoms with van der Waals surface area (Å²) in [5.41, 5.74) is 2.24. The zero-order chi connectivity index (χ0) is 11.8. The van der Waals surface area contributed by atoms with Gasteiger partial charge in [-0.3, -0.25) is 0 Å². The lowest BCUT2D eigenvalue weighted by atomic mass is 10.1. The molecule has 3 aromatic rings. The van der Waals surface area contributed by atoms with Gasteiger partial charge >= 0.3 is 0 Å². The number of aromatic nitrogens is 2. The van der Waals surface area contributed by atoms with Gasteiger partial charge in [-0.25, -0.2) is 4.98 Å². The van der Waals surface area contributed by atoms with E-state index in [1.165, 1.54) is 16.3 Å². The van der Waals surface area contributed by atoms with Crippen molar-refractivity contribution in [2.75, 3.05) is 5.88 Å². The lowest BCUT2D eigenvalue weighted by molar-refractivity contribution is 0.833. The highest BCUT2D eigenvalue weighted by atomic mass is 35.5. The highest BCUT2D eigenvalue weighted by Crippen LogP contribution is 2.25. The summed E-state index contributed by atoms with van der Waals surface area (Å²) in [6.45, 7) is 0. The second kappa shape index (κ2) is 4.04. The van der Waals surface area contributed by atoms with E-state index in [4.69, 9.17) is 11.6 Å². The summed E-state index contributed by atoms with van der Waals surface area (Å²) in [4.78, 5) is 4.63. The second-order valence-corrected chi connectivity index (χ2v) is 4.56. The van der Waals surface area contributed by atoms with Crippen molar-refractivity contribution in [1.82, 2.24) is 9.55 Å². The van der Waals surface area contributed by atoms with Gasteiger partial charge in [0.15, 0.2) is 0 Å². The normalized spacial score (nSPS) is 11.4. The lowest BCUT2D eigenvalue weighted by Gasteiger charge is -2.03. The quantitative estimate of drug-likeness (QED) is 0.631. The van der Waals surface area contributed by atoms with Crippen molar-refractivity contribution in [3.63, 3.8) is 0 Å². The van der Waals surface area contributed by atoms with Crippen LogP contribution < -0.4 is 0 Å². The topological polar surface area (TPSA) is 17.8 Å². The van der Waals surface area contributed by atoms with Crippen molar-refractivity contribution in [2.45, 2.75) is 6.42 Å². The van der Waals surface area contributed by atoms with Gasteiger partial charge in [0.1, 0.15) is 5.82 Å². The van der Waals surface area contributed by atoms with Crippen LogP contribution in [0.3, 0.4) is 0 Å². The molecule has 0 radical (unpaired) electrons. The number of fused-ring (bicyclic) bond motifs is 3. The summed E-state index contributed by atoms with van der Waals surface area (Å²) in [7, 11) is 2.06. The molecule has 3 heteroatoms. The number of benzene rings is 2. The Labute approximate surface area is 105 Å². The van der Waals surface area contributed by atoms with Crippen LogP contribution in [0.25, 0.3) is 21.8 Å². The Morgan fingerprint density at radius 1 is 1.18 bits per heavy atom. The van der Waals surface area contributed by atoms with Crippen LogP contribution >= 0.6 is 11.6 Å². The molecule has 0 saturated heterocycles. The molecule has 0 saturated carbocycles. The van der Waals surface area contributed by atoms with Crippen molar-refractivity contribution in [3.8, 4) is 0 Å². The molecule has 0 fully saturated rings. The minimum Gasteiger partial charge on any atom is -0.331 e. The van der Waals surface area contributed by atoms with Crippen molar-refractivity contribution < 1.29 is 0 Å². The van der Waals surface area contributed by atoms with Crippen LogP contribution in [0.2, 0.25) is 0 Å². The van der Waals surface area contributed by atoms with Crippen molar-refractivity contribution in [2.24, 2.45) is 7.05 Å². The van der Waals surface area contributed by atoms with E-state index in [1.807, 2.05) is 0 Å². The fourth-order valence-electron chi connectivity index (χ4n) is 2.34. The highest BCUT2D eigenvalue weighted by Gasteiger charge is 2.09. The largest absolute Gasteiger partial charge is 0.331 e. The fourth-order valence-corrected chi connectivity index (χ4v) is 2.51. The van der Waals surface area contributed by atoms with E-state index >= 15 is 0 Å². The van der Waals surface area contributed by atoms with Crippen molar-refractivity contribution in [1.29, 1.82) is 0 Å². The molecule has 1 aromatic heterocycles.